The summed E-state index contributed by atoms with van der Waals surface area (Å²) in [5.74, 6) is -1.72. The molecule has 2 N–H and O–H groups in total. The maximum absolute atomic E-state index is 12.6. The van der Waals surface area contributed by atoms with E-state index in [1.807, 2.05) is 0 Å². The van der Waals surface area contributed by atoms with Gasteiger partial charge in [0, 0.05) is 24.2 Å². The second-order valence-corrected chi connectivity index (χ2v) is 7.65. The van der Waals surface area contributed by atoms with Crippen LogP contribution in [-0.2, 0) is 10.0 Å². The third kappa shape index (κ3) is 4.81. The molecule has 0 radical (unpaired) electrons. The number of carbonyl (C=O) groups excluding carboxylic acids is 1. The van der Waals surface area contributed by atoms with Crippen molar-refractivity contribution in [2.24, 2.45) is 5.10 Å². The summed E-state index contributed by atoms with van der Waals surface area (Å²) in [5, 5.41) is 12.9. The van der Waals surface area contributed by atoms with E-state index >= 15 is 0 Å². The van der Waals surface area contributed by atoms with Gasteiger partial charge in [-0.2, -0.15) is 9.41 Å². The molecule has 0 aromatic heterocycles. The first kappa shape index (κ1) is 21.3. The van der Waals surface area contributed by atoms with Crippen molar-refractivity contribution in [2.45, 2.75) is 18.7 Å². The fourth-order valence-electron chi connectivity index (χ4n) is 2.54. The van der Waals surface area contributed by atoms with Crippen molar-refractivity contribution in [1.29, 1.82) is 0 Å². The monoisotopic (exact) mass is 403 g/mol. The van der Waals surface area contributed by atoms with Gasteiger partial charge in [-0.1, -0.05) is 38.1 Å². The highest BCUT2D eigenvalue weighted by atomic mass is 32.2. The number of sulfonamides is 1. The van der Waals surface area contributed by atoms with Crippen molar-refractivity contribution in [3.05, 3.63) is 65.2 Å². The first-order valence-corrected chi connectivity index (χ1v) is 10.0. The fraction of sp³-hybridized carbons (Fsp3) is 0.211. The van der Waals surface area contributed by atoms with Crippen molar-refractivity contribution in [3.8, 4) is 0 Å². The molecule has 2 rings (SSSR count). The molecule has 2 aromatic carbocycles. The fourth-order valence-corrected chi connectivity index (χ4v) is 4.04. The molecular weight excluding hydrogens is 382 g/mol. The lowest BCUT2D eigenvalue weighted by atomic mass is 10.1. The predicted octanol–water partition coefficient (Wildman–Crippen LogP) is 2.18. The SMILES string of the molecule is CCN(CC)S(=O)(=O)c1cccc(C(=O)N/N=C\c2ccccc2C(=O)O)c1. The van der Waals surface area contributed by atoms with E-state index in [0.29, 0.717) is 18.7 Å². The largest absolute Gasteiger partial charge is 0.478 e. The molecule has 2 aromatic rings. The molecule has 0 aliphatic heterocycles. The number of rotatable bonds is 8. The van der Waals surface area contributed by atoms with Crippen molar-refractivity contribution < 1.29 is 23.1 Å². The van der Waals surface area contributed by atoms with Crippen LogP contribution in [0.15, 0.2) is 58.5 Å². The minimum atomic E-state index is -3.69. The van der Waals surface area contributed by atoms with Crippen LogP contribution in [0.3, 0.4) is 0 Å². The normalized spacial score (nSPS) is 11.7. The number of carboxylic acids is 1. The summed E-state index contributed by atoms with van der Waals surface area (Å²) in [6.45, 7) is 4.12. The number of benzene rings is 2. The number of aromatic carboxylic acids is 1. The number of nitrogens with zero attached hydrogens (tertiary/aromatic N) is 2. The lowest BCUT2D eigenvalue weighted by Gasteiger charge is -2.18. The molecule has 0 aliphatic carbocycles. The lowest BCUT2D eigenvalue weighted by Crippen LogP contribution is -2.30. The average molecular weight is 403 g/mol. The van der Waals surface area contributed by atoms with Gasteiger partial charge in [0.2, 0.25) is 10.0 Å². The van der Waals surface area contributed by atoms with Crippen molar-refractivity contribution in [1.82, 2.24) is 9.73 Å². The molecule has 9 heteroatoms. The van der Waals surface area contributed by atoms with E-state index in [1.54, 1.807) is 32.0 Å². The maximum Gasteiger partial charge on any atom is 0.336 e. The Morgan fingerprint density at radius 3 is 2.43 bits per heavy atom. The number of carboxylic acid groups (broad SMARTS) is 1. The molecule has 0 saturated carbocycles. The zero-order chi connectivity index (χ0) is 20.7. The molecule has 0 saturated heterocycles. The molecule has 28 heavy (non-hydrogen) atoms. The molecule has 0 bridgehead atoms. The van der Waals surface area contributed by atoms with Crippen LogP contribution < -0.4 is 5.43 Å². The summed E-state index contributed by atoms with van der Waals surface area (Å²) in [6.07, 6.45) is 1.22. The third-order valence-corrected chi connectivity index (χ3v) is 6.05. The summed E-state index contributed by atoms with van der Waals surface area (Å²) in [5.41, 5.74) is 2.78. The molecular formula is C19H21N3O5S. The van der Waals surface area contributed by atoms with Crippen molar-refractivity contribution in [2.75, 3.05) is 13.1 Å². The molecule has 0 atom stereocenters. The molecule has 0 heterocycles. The molecule has 8 nitrogen and oxygen atoms in total. The molecule has 1 amide bonds. The number of amides is 1. The number of nitrogens with one attached hydrogen (secondary N) is 1. The highest BCUT2D eigenvalue weighted by molar-refractivity contribution is 7.89. The van der Waals surface area contributed by atoms with Crippen molar-refractivity contribution >= 4 is 28.1 Å². The Morgan fingerprint density at radius 2 is 1.79 bits per heavy atom. The molecule has 0 aliphatic rings. The zero-order valence-electron chi connectivity index (χ0n) is 15.5. The average Bonchev–Trinajstić information content (AvgIpc) is 2.69. The Labute approximate surface area is 163 Å². The Morgan fingerprint density at radius 1 is 1.11 bits per heavy atom. The molecule has 0 fully saturated rings. The standard InChI is InChI=1S/C19H21N3O5S/c1-3-22(4-2)28(26,27)16-10-7-9-14(12-16)18(23)21-20-13-15-8-5-6-11-17(15)19(24)25/h5-13H,3-4H2,1-2H3,(H,21,23)(H,24,25)/b20-13-. The molecule has 148 valence electrons. The van der Waals surface area contributed by atoms with Gasteiger partial charge < -0.3 is 5.11 Å². The maximum atomic E-state index is 12.6. The Balaban J connectivity index is 2.19. The Hall–Kier alpha value is -3.04. The third-order valence-electron chi connectivity index (χ3n) is 4.00. The number of hydrazone groups is 1. The van der Waals surface area contributed by atoms with Gasteiger partial charge in [-0.15, -0.1) is 0 Å². The number of carbonyl (C=O) groups is 2. The van der Waals surface area contributed by atoms with Crippen LogP contribution in [0, 0.1) is 0 Å². The Kier molecular flexibility index (Phi) is 7.02. The van der Waals surface area contributed by atoms with Gasteiger partial charge in [-0.3, -0.25) is 4.79 Å². The van der Waals surface area contributed by atoms with E-state index in [1.165, 1.54) is 40.9 Å². The molecule has 0 spiro atoms. The van der Waals surface area contributed by atoms with Gasteiger partial charge in [0.25, 0.3) is 5.91 Å². The summed E-state index contributed by atoms with van der Waals surface area (Å²) in [6, 6.07) is 11.9. The van der Waals surface area contributed by atoms with Gasteiger partial charge in [-0.25, -0.2) is 18.6 Å². The minimum Gasteiger partial charge on any atom is -0.478 e. The van der Waals surface area contributed by atoms with E-state index in [-0.39, 0.29) is 16.0 Å². The van der Waals surface area contributed by atoms with Gasteiger partial charge >= 0.3 is 5.97 Å². The smallest absolute Gasteiger partial charge is 0.336 e. The van der Waals surface area contributed by atoms with Crippen LogP contribution >= 0.6 is 0 Å². The highest BCUT2D eigenvalue weighted by Crippen LogP contribution is 2.17. The summed E-state index contributed by atoms with van der Waals surface area (Å²) in [4.78, 5) is 23.5. The second-order valence-electron chi connectivity index (χ2n) is 5.71. The van der Waals surface area contributed by atoms with Crippen LogP contribution in [0.5, 0.6) is 0 Å². The van der Waals surface area contributed by atoms with Crippen LogP contribution in [-0.4, -0.2) is 49.0 Å². The van der Waals surface area contributed by atoms with Gasteiger partial charge in [0.05, 0.1) is 16.7 Å². The van der Waals surface area contributed by atoms with E-state index in [4.69, 9.17) is 5.11 Å². The predicted molar refractivity (Wildman–Crippen MR) is 105 cm³/mol. The van der Waals surface area contributed by atoms with Crippen LogP contribution in [0.1, 0.15) is 40.1 Å². The highest BCUT2D eigenvalue weighted by Gasteiger charge is 2.22. The number of hydrogen-bond donors (Lipinski definition) is 2. The lowest BCUT2D eigenvalue weighted by molar-refractivity contribution is 0.0696. The van der Waals surface area contributed by atoms with Crippen LogP contribution in [0.4, 0.5) is 0 Å². The Bertz CT molecular complexity index is 998. The first-order valence-electron chi connectivity index (χ1n) is 8.57. The van der Waals surface area contributed by atoms with E-state index in [0.717, 1.165) is 0 Å². The van der Waals surface area contributed by atoms with E-state index in [9.17, 15) is 18.0 Å². The quantitative estimate of drug-likeness (QED) is 0.518. The molecule has 0 unspecified atom stereocenters. The topological polar surface area (TPSA) is 116 Å². The summed E-state index contributed by atoms with van der Waals surface area (Å²) in [7, 11) is -3.69. The zero-order valence-corrected chi connectivity index (χ0v) is 16.3. The summed E-state index contributed by atoms with van der Waals surface area (Å²) >= 11 is 0. The first-order chi connectivity index (χ1) is 13.3. The summed E-state index contributed by atoms with van der Waals surface area (Å²) < 4.78 is 26.5. The van der Waals surface area contributed by atoms with E-state index < -0.39 is 21.9 Å². The van der Waals surface area contributed by atoms with Gasteiger partial charge in [0.15, 0.2) is 0 Å². The van der Waals surface area contributed by atoms with Gasteiger partial charge in [-0.05, 0) is 24.3 Å². The second kappa shape index (κ2) is 9.25. The minimum absolute atomic E-state index is 0.0176. The van der Waals surface area contributed by atoms with Crippen molar-refractivity contribution in [3.63, 3.8) is 0 Å². The van der Waals surface area contributed by atoms with E-state index in [2.05, 4.69) is 10.5 Å². The van der Waals surface area contributed by atoms with Crippen LogP contribution in [0.25, 0.3) is 0 Å². The van der Waals surface area contributed by atoms with Gasteiger partial charge in [0.1, 0.15) is 0 Å². The number of hydrogen-bond acceptors (Lipinski definition) is 5. The van der Waals surface area contributed by atoms with Crippen LogP contribution in [0.2, 0.25) is 0 Å².